The molecule has 2 aliphatic carbocycles. The van der Waals surface area contributed by atoms with E-state index in [0.717, 1.165) is 68.3 Å². The van der Waals surface area contributed by atoms with Gasteiger partial charge in [0.1, 0.15) is 17.4 Å². The van der Waals surface area contributed by atoms with Gasteiger partial charge < -0.3 is 24.4 Å². The first kappa shape index (κ1) is 36.6. The quantitative estimate of drug-likeness (QED) is 0.160. The molecule has 5 aromatic rings. The summed E-state index contributed by atoms with van der Waals surface area (Å²) in [6.07, 6.45) is 5.64. The molecule has 4 aliphatic heterocycles. The van der Waals surface area contributed by atoms with E-state index in [-0.39, 0.29) is 58.9 Å². The summed E-state index contributed by atoms with van der Waals surface area (Å²) in [5, 5.41) is 15.5. The van der Waals surface area contributed by atoms with Crippen LogP contribution in [0, 0.1) is 35.9 Å². The summed E-state index contributed by atoms with van der Waals surface area (Å²) >= 11 is 13.2. The highest BCUT2D eigenvalue weighted by Crippen LogP contribution is 2.51. The van der Waals surface area contributed by atoms with Gasteiger partial charge in [0, 0.05) is 83.3 Å². The maximum absolute atomic E-state index is 17.3. The lowest BCUT2D eigenvalue weighted by molar-refractivity contribution is -0.133. The summed E-state index contributed by atoms with van der Waals surface area (Å²) in [7, 11) is 0. The Bertz CT molecular complexity index is 2510. The number of hydrogen-bond donors (Lipinski definition) is 1. The lowest BCUT2D eigenvalue weighted by atomic mass is 9.79. The van der Waals surface area contributed by atoms with E-state index in [9.17, 15) is 14.9 Å². The van der Waals surface area contributed by atoms with Crippen LogP contribution in [0.15, 0.2) is 54.6 Å². The number of nitrogens with one attached hydrogen (secondary N) is 1. The van der Waals surface area contributed by atoms with Gasteiger partial charge in [-0.1, -0.05) is 41.4 Å². The standard InChI is InChI=1S/C45H43Cl2FN6O3/c1-24-32-21-37(36-20-30(23-53(36)45(56)25-12-13-25)57-29-9-4-7-27(17-29)44(55)52-15-2-3-16-52)54(42-28-19-35(42)50-22-28)43(32)33-18-26(8-6-14-49)38(40(48)41(33)51-24)31-10-5-11-34(46)39(31)47/h4-5,7,9-11,17-18,21,25,28,30,35-36,42,50H,2-3,6,8,12-13,15-16,19-20,22-23H2,1H3. The molecule has 0 spiro atoms. The number of nitriles is 1. The van der Waals surface area contributed by atoms with Gasteiger partial charge in [-0.15, -0.1) is 0 Å². The number of rotatable bonds is 9. The molecule has 9 nitrogen and oxygen atoms in total. The molecule has 2 saturated carbocycles. The van der Waals surface area contributed by atoms with Gasteiger partial charge in [0.25, 0.3) is 5.91 Å². The van der Waals surface area contributed by atoms with Crippen LogP contribution in [0.1, 0.15) is 84.3 Å². The molecule has 5 unspecified atom stereocenters. The van der Waals surface area contributed by atoms with Crippen molar-refractivity contribution < 1.29 is 18.7 Å². The van der Waals surface area contributed by atoms with Crippen molar-refractivity contribution in [3.63, 3.8) is 0 Å². The van der Waals surface area contributed by atoms with Crippen molar-refractivity contribution in [2.24, 2.45) is 11.8 Å². The third kappa shape index (κ3) is 6.16. The van der Waals surface area contributed by atoms with Gasteiger partial charge in [-0.3, -0.25) is 9.59 Å². The van der Waals surface area contributed by atoms with Crippen LogP contribution in [0.3, 0.4) is 0 Å². The van der Waals surface area contributed by atoms with Crippen LogP contribution in [-0.2, 0) is 11.2 Å². The van der Waals surface area contributed by atoms with Gasteiger partial charge in [0.15, 0.2) is 5.82 Å². The van der Waals surface area contributed by atoms with Crippen LogP contribution in [0.25, 0.3) is 32.9 Å². The summed E-state index contributed by atoms with van der Waals surface area (Å²) in [6, 6.07) is 19.1. The number of ether oxygens (including phenoxy) is 1. The zero-order valence-corrected chi connectivity index (χ0v) is 33.3. The van der Waals surface area contributed by atoms with E-state index in [1.807, 2.05) is 47.1 Å². The van der Waals surface area contributed by atoms with Crippen molar-refractivity contribution >= 4 is 56.8 Å². The van der Waals surface area contributed by atoms with E-state index in [4.69, 9.17) is 32.9 Å². The molecule has 3 aromatic carbocycles. The first-order chi connectivity index (χ1) is 27.7. The second kappa shape index (κ2) is 14.3. The van der Waals surface area contributed by atoms with Crippen molar-refractivity contribution in [3.05, 3.63) is 93.0 Å². The molecule has 1 N–H and O–H groups in total. The Morgan fingerprint density at radius 2 is 1.86 bits per heavy atom. The van der Waals surface area contributed by atoms with Gasteiger partial charge in [-0.2, -0.15) is 5.26 Å². The number of benzene rings is 3. The van der Waals surface area contributed by atoms with Crippen LogP contribution in [0.2, 0.25) is 10.0 Å². The van der Waals surface area contributed by atoms with Gasteiger partial charge in [0.2, 0.25) is 5.91 Å². The van der Waals surface area contributed by atoms with E-state index in [1.165, 1.54) is 0 Å². The summed E-state index contributed by atoms with van der Waals surface area (Å²) in [6.45, 7) is 4.78. The molecule has 2 aromatic heterocycles. The minimum atomic E-state index is -0.496. The zero-order valence-electron chi connectivity index (χ0n) is 31.7. The average Bonchev–Trinajstić information content (AvgIpc) is 3.73. The van der Waals surface area contributed by atoms with Crippen molar-refractivity contribution in [2.45, 2.75) is 82.5 Å². The maximum atomic E-state index is 17.3. The topological polar surface area (TPSA) is 103 Å². The Balaban J connectivity index is 1.11. The molecule has 6 heterocycles. The van der Waals surface area contributed by atoms with E-state index in [2.05, 4.69) is 22.0 Å². The number of fused-ring (bicyclic) bond motifs is 4. The van der Waals surface area contributed by atoms with Crippen LogP contribution in [0.4, 0.5) is 4.39 Å². The summed E-state index contributed by atoms with van der Waals surface area (Å²) < 4.78 is 26.4. The highest BCUT2D eigenvalue weighted by atomic mass is 35.5. The third-order valence-corrected chi connectivity index (χ3v) is 13.8. The SMILES string of the molecule is Cc1nc2c(F)c(-c3cccc(Cl)c3Cl)c(CCC#N)cc2c2c1cc(C1CC(Oc3cccc(C(=O)N4CCCC4)c3)CN1C(=O)C1CC1)n2C1C2CNC1C2. The first-order valence-electron chi connectivity index (χ1n) is 20.3. The fourth-order valence-electron chi connectivity index (χ4n) is 10.1. The molecule has 6 aliphatic rings. The first-order valence-corrected chi connectivity index (χ1v) is 21.0. The number of hydrogen-bond acceptors (Lipinski definition) is 6. The smallest absolute Gasteiger partial charge is 0.253 e. The lowest BCUT2D eigenvalue weighted by Gasteiger charge is -2.39. The summed E-state index contributed by atoms with van der Waals surface area (Å²) in [5.74, 6) is 0.676. The second-order valence-electron chi connectivity index (χ2n) is 16.6. The second-order valence-corrected chi connectivity index (χ2v) is 17.3. The number of aromatic nitrogens is 2. The Labute approximate surface area is 340 Å². The molecule has 5 atom stereocenters. The fraction of sp³-hybridized carbons (Fsp3) is 0.422. The van der Waals surface area contributed by atoms with Crippen LogP contribution >= 0.6 is 23.2 Å². The van der Waals surface area contributed by atoms with Gasteiger partial charge >= 0.3 is 0 Å². The van der Waals surface area contributed by atoms with E-state index < -0.39 is 5.82 Å². The highest BCUT2D eigenvalue weighted by molar-refractivity contribution is 6.43. The minimum absolute atomic E-state index is 0.00444. The Hall–Kier alpha value is -4.69. The lowest BCUT2D eigenvalue weighted by Crippen LogP contribution is -2.41. The molecule has 57 heavy (non-hydrogen) atoms. The number of carbonyl (C=O) groups excluding carboxylic acids is 2. The number of aryl methyl sites for hydroxylation is 2. The molecule has 0 radical (unpaired) electrons. The molecule has 2 amide bonds. The van der Waals surface area contributed by atoms with Crippen molar-refractivity contribution in [1.29, 1.82) is 5.26 Å². The monoisotopic (exact) mass is 804 g/mol. The number of halogens is 3. The van der Waals surface area contributed by atoms with Gasteiger partial charge in [-0.25, -0.2) is 9.37 Å². The normalized spacial score (nSPS) is 24.0. The predicted molar refractivity (Wildman–Crippen MR) is 218 cm³/mol. The van der Waals surface area contributed by atoms with E-state index in [0.29, 0.717) is 69.4 Å². The van der Waals surface area contributed by atoms with E-state index >= 15 is 4.39 Å². The fourth-order valence-corrected chi connectivity index (χ4v) is 10.5. The van der Waals surface area contributed by atoms with Crippen molar-refractivity contribution in [2.75, 3.05) is 26.2 Å². The van der Waals surface area contributed by atoms with Gasteiger partial charge in [-0.05, 0) is 93.3 Å². The third-order valence-electron chi connectivity index (χ3n) is 13.0. The molecule has 11 rings (SSSR count). The molecule has 6 fully saturated rings. The average molecular weight is 806 g/mol. The number of likely N-dealkylation sites (tertiary alicyclic amines) is 2. The number of amides is 2. The number of carbonyl (C=O) groups is 2. The molecular weight excluding hydrogens is 762 g/mol. The Morgan fingerprint density at radius 1 is 1.05 bits per heavy atom. The molecule has 292 valence electrons. The zero-order chi connectivity index (χ0) is 39.1. The van der Waals surface area contributed by atoms with Crippen LogP contribution in [-0.4, -0.2) is 69.5 Å². The highest BCUT2D eigenvalue weighted by Gasteiger charge is 2.51. The molecular formula is C45H43Cl2FN6O3. The molecule has 2 bridgehead atoms. The van der Waals surface area contributed by atoms with Gasteiger partial charge in [0.05, 0.1) is 40.3 Å². The maximum Gasteiger partial charge on any atom is 0.253 e. The minimum Gasteiger partial charge on any atom is -0.488 e. The van der Waals surface area contributed by atoms with E-state index in [1.54, 1.807) is 18.2 Å². The predicted octanol–water partition coefficient (Wildman–Crippen LogP) is 8.97. The number of nitrogens with zero attached hydrogens (tertiary/aromatic N) is 5. The molecule has 4 saturated heterocycles. The van der Waals surface area contributed by atoms with Crippen LogP contribution < -0.4 is 10.1 Å². The van der Waals surface area contributed by atoms with Crippen molar-refractivity contribution in [1.82, 2.24) is 24.7 Å². The van der Waals surface area contributed by atoms with Crippen LogP contribution in [0.5, 0.6) is 5.75 Å². The Kier molecular flexibility index (Phi) is 9.19. The number of pyridine rings is 1. The summed E-state index contributed by atoms with van der Waals surface area (Å²) in [5.41, 5.74) is 4.87. The largest absolute Gasteiger partial charge is 0.488 e. The Morgan fingerprint density at radius 3 is 2.60 bits per heavy atom. The summed E-state index contributed by atoms with van der Waals surface area (Å²) in [4.78, 5) is 36.3. The van der Waals surface area contributed by atoms with Crippen molar-refractivity contribution in [3.8, 4) is 22.9 Å². The molecule has 12 heteroatoms.